The van der Waals surface area contributed by atoms with Crippen molar-refractivity contribution in [2.24, 2.45) is 0 Å². The van der Waals surface area contributed by atoms with E-state index in [1.54, 1.807) is 36.4 Å². The number of hydrogen-bond acceptors (Lipinski definition) is 5. The number of benzene rings is 3. The number of halogens is 2. The molecule has 0 saturated carbocycles. The Morgan fingerprint density at radius 1 is 0.941 bits per heavy atom. The maximum absolute atomic E-state index is 13.3. The molecule has 1 N–H and O–H groups in total. The van der Waals surface area contributed by atoms with Crippen LogP contribution in [0.1, 0.15) is 22.7 Å². The lowest BCUT2D eigenvalue weighted by atomic mass is 9.94. The van der Waals surface area contributed by atoms with E-state index in [4.69, 9.17) is 32.7 Å². The minimum Gasteiger partial charge on any atom is -0.507 e. The van der Waals surface area contributed by atoms with Gasteiger partial charge in [0, 0.05) is 5.69 Å². The SMILES string of the molecule is COc1ccc(OC)c(/C(O)=C2\C(=O)C(=O)N(c3ccc(Cl)c(Cl)c3)C2c2cccc(C)c2)c1. The molecular weight excluding hydrogens is 477 g/mol. The predicted octanol–water partition coefficient (Wildman–Crippen LogP) is 5.95. The molecule has 0 radical (unpaired) electrons. The fraction of sp³-hybridized carbons (Fsp3) is 0.154. The lowest BCUT2D eigenvalue weighted by molar-refractivity contribution is -0.132. The molecule has 1 aliphatic rings. The monoisotopic (exact) mass is 497 g/mol. The van der Waals surface area contributed by atoms with Crippen LogP contribution in [-0.2, 0) is 9.59 Å². The first-order chi connectivity index (χ1) is 16.3. The summed E-state index contributed by atoms with van der Waals surface area (Å²) in [6, 6.07) is 16.0. The average molecular weight is 498 g/mol. The second-order valence-corrected chi connectivity index (χ2v) is 8.56. The van der Waals surface area contributed by atoms with Gasteiger partial charge in [-0.15, -0.1) is 0 Å². The van der Waals surface area contributed by atoms with Crippen LogP contribution in [0.3, 0.4) is 0 Å². The molecular formula is C26H21Cl2NO5. The molecule has 8 heteroatoms. The van der Waals surface area contributed by atoms with Gasteiger partial charge in [-0.2, -0.15) is 0 Å². The van der Waals surface area contributed by atoms with Gasteiger partial charge in [0.05, 0.1) is 41.4 Å². The summed E-state index contributed by atoms with van der Waals surface area (Å²) in [5.74, 6) is -1.23. The molecule has 1 saturated heterocycles. The number of carbonyl (C=O) groups is 2. The lowest BCUT2D eigenvalue weighted by Gasteiger charge is -2.26. The van der Waals surface area contributed by atoms with E-state index in [1.807, 2.05) is 25.1 Å². The second kappa shape index (κ2) is 9.41. The number of ether oxygens (including phenoxy) is 2. The normalized spacial score (nSPS) is 17.2. The molecule has 3 aromatic rings. The van der Waals surface area contributed by atoms with Crippen molar-refractivity contribution in [1.82, 2.24) is 0 Å². The smallest absolute Gasteiger partial charge is 0.300 e. The Morgan fingerprint density at radius 3 is 2.35 bits per heavy atom. The Bertz CT molecular complexity index is 1330. The molecule has 1 heterocycles. The van der Waals surface area contributed by atoms with Gasteiger partial charge in [-0.05, 0) is 48.9 Å². The van der Waals surface area contributed by atoms with Gasteiger partial charge < -0.3 is 14.6 Å². The first kappa shape index (κ1) is 23.7. The molecule has 6 nitrogen and oxygen atoms in total. The molecule has 174 valence electrons. The van der Waals surface area contributed by atoms with Crippen LogP contribution < -0.4 is 14.4 Å². The van der Waals surface area contributed by atoms with Crippen molar-refractivity contribution in [3.05, 3.63) is 93.0 Å². The van der Waals surface area contributed by atoms with Gasteiger partial charge in [0.15, 0.2) is 0 Å². The highest BCUT2D eigenvalue weighted by molar-refractivity contribution is 6.52. The minimum atomic E-state index is -0.909. The third-order valence-corrected chi connectivity index (χ3v) is 6.38. The number of anilines is 1. The van der Waals surface area contributed by atoms with Crippen LogP contribution in [0.25, 0.3) is 5.76 Å². The summed E-state index contributed by atoms with van der Waals surface area (Å²) in [5.41, 5.74) is 2.10. The van der Waals surface area contributed by atoms with Gasteiger partial charge in [0.25, 0.3) is 11.7 Å². The topological polar surface area (TPSA) is 76.1 Å². The van der Waals surface area contributed by atoms with Gasteiger partial charge in [0.2, 0.25) is 0 Å². The lowest BCUT2D eigenvalue weighted by Crippen LogP contribution is -2.29. The minimum absolute atomic E-state index is 0.0757. The molecule has 1 atom stereocenters. The van der Waals surface area contributed by atoms with E-state index in [9.17, 15) is 14.7 Å². The van der Waals surface area contributed by atoms with Gasteiger partial charge in [-0.1, -0.05) is 53.0 Å². The fourth-order valence-electron chi connectivity index (χ4n) is 4.03. The highest BCUT2D eigenvalue weighted by Crippen LogP contribution is 2.44. The van der Waals surface area contributed by atoms with Crippen LogP contribution in [-0.4, -0.2) is 31.0 Å². The molecule has 0 bridgehead atoms. The van der Waals surface area contributed by atoms with Crippen LogP contribution in [0.4, 0.5) is 5.69 Å². The maximum atomic E-state index is 13.3. The quantitative estimate of drug-likeness (QED) is 0.268. The number of hydrogen-bond donors (Lipinski definition) is 1. The summed E-state index contributed by atoms with van der Waals surface area (Å²) < 4.78 is 10.7. The standard InChI is InChI=1S/C26H21Cl2NO5/c1-14-5-4-6-15(11-14)23-22(24(30)18-13-17(33-2)8-10-21(18)34-3)25(31)26(32)29(23)16-7-9-19(27)20(28)12-16/h4-13,23,30H,1-3H3/b24-22+. The van der Waals surface area contributed by atoms with E-state index < -0.39 is 17.7 Å². The van der Waals surface area contributed by atoms with Crippen molar-refractivity contribution in [2.45, 2.75) is 13.0 Å². The second-order valence-electron chi connectivity index (χ2n) is 7.75. The van der Waals surface area contributed by atoms with E-state index in [-0.39, 0.29) is 21.9 Å². The summed E-state index contributed by atoms with van der Waals surface area (Å²) >= 11 is 12.3. The molecule has 4 rings (SSSR count). The third-order valence-electron chi connectivity index (χ3n) is 5.65. The fourth-order valence-corrected chi connectivity index (χ4v) is 4.33. The molecule has 0 spiro atoms. The zero-order valence-electron chi connectivity index (χ0n) is 18.6. The predicted molar refractivity (Wildman–Crippen MR) is 132 cm³/mol. The van der Waals surface area contributed by atoms with E-state index >= 15 is 0 Å². The van der Waals surface area contributed by atoms with Crippen LogP contribution in [0.5, 0.6) is 11.5 Å². The van der Waals surface area contributed by atoms with Crippen molar-refractivity contribution in [2.75, 3.05) is 19.1 Å². The van der Waals surface area contributed by atoms with E-state index in [1.165, 1.54) is 25.2 Å². The number of Topliss-reactive ketones (excluding diaryl/α,β-unsaturated/α-hetero) is 1. The van der Waals surface area contributed by atoms with Crippen molar-refractivity contribution in [1.29, 1.82) is 0 Å². The Kier molecular flexibility index (Phi) is 6.55. The summed E-state index contributed by atoms with van der Waals surface area (Å²) in [7, 11) is 2.94. The van der Waals surface area contributed by atoms with Crippen LogP contribution in [0.15, 0.2) is 66.2 Å². The van der Waals surface area contributed by atoms with Crippen molar-refractivity contribution in [3.63, 3.8) is 0 Å². The Labute approximate surface area is 206 Å². The number of nitrogens with zero attached hydrogens (tertiary/aromatic N) is 1. The number of rotatable bonds is 5. The third kappa shape index (κ3) is 4.11. The summed E-state index contributed by atoms with van der Waals surface area (Å²) in [4.78, 5) is 27.9. The Hall–Kier alpha value is -3.48. The van der Waals surface area contributed by atoms with E-state index in [0.29, 0.717) is 27.8 Å². The Balaban J connectivity index is 2.00. The number of aryl methyl sites for hydroxylation is 1. The number of amides is 1. The van der Waals surface area contributed by atoms with Gasteiger partial charge in [-0.25, -0.2) is 0 Å². The van der Waals surface area contributed by atoms with Crippen molar-refractivity contribution in [3.8, 4) is 11.5 Å². The molecule has 3 aromatic carbocycles. The van der Waals surface area contributed by atoms with E-state index in [0.717, 1.165) is 5.56 Å². The zero-order valence-corrected chi connectivity index (χ0v) is 20.1. The molecule has 1 unspecified atom stereocenters. The van der Waals surface area contributed by atoms with Crippen LogP contribution >= 0.6 is 23.2 Å². The van der Waals surface area contributed by atoms with Gasteiger partial charge >= 0.3 is 0 Å². The molecule has 0 aromatic heterocycles. The highest BCUT2D eigenvalue weighted by atomic mass is 35.5. The van der Waals surface area contributed by atoms with Gasteiger partial charge in [0.1, 0.15) is 17.3 Å². The zero-order chi connectivity index (χ0) is 24.6. The average Bonchev–Trinajstić information content (AvgIpc) is 3.10. The molecule has 1 fully saturated rings. The molecule has 1 amide bonds. The summed E-state index contributed by atoms with van der Waals surface area (Å²) in [6.07, 6.45) is 0. The number of carbonyl (C=O) groups excluding carboxylic acids is 2. The van der Waals surface area contributed by atoms with Crippen molar-refractivity contribution >= 4 is 46.3 Å². The Morgan fingerprint density at radius 2 is 1.71 bits per heavy atom. The highest BCUT2D eigenvalue weighted by Gasteiger charge is 2.47. The maximum Gasteiger partial charge on any atom is 0.300 e. The largest absolute Gasteiger partial charge is 0.507 e. The number of aliphatic hydroxyl groups excluding tert-OH is 1. The number of methoxy groups -OCH3 is 2. The molecule has 0 aliphatic carbocycles. The molecule has 34 heavy (non-hydrogen) atoms. The van der Waals surface area contributed by atoms with Gasteiger partial charge in [-0.3, -0.25) is 14.5 Å². The van der Waals surface area contributed by atoms with Crippen LogP contribution in [0.2, 0.25) is 10.0 Å². The molecule has 1 aliphatic heterocycles. The summed E-state index contributed by atoms with van der Waals surface area (Å²) in [5, 5.41) is 12.0. The number of aliphatic hydroxyl groups is 1. The van der Waals surface area contributed by atoms with E-state index in [2.05, 4.69) is 0 Å². The van der Waals surface area contributed by atoms with Crippen molar-refractivity contribution < 1.29 is 24.2 Å². The first-order valence-corrected chi connectivity index (χ1v) is 11.1. The number of ketones is 1. The summed E-state index contributed by atoms with van der Waals surface area (Å²) in [6.45, 7) is 1.90. The first-order valence-electron chi connectivity index (χ1n) is 10.3. The van der Waals surface area contributed by atoms with Crippen LogP contribution in [0, 0.1) is 6.92 Å².